The molecule has 0 atom stereocenters. The zero-order valence-corrected chi connectivity index (χ0v) is 13.3. The Morgan fingerprint density at radius 2 is 2.00 bits per heavy atom. The minimum atomic E-state index is -0.477. The number of nitrogen functional groups attached to an aromatic ring is 1. The van der Waals surface area contributed by atoms with Gasteiger partial charge >= 0.3 is 5.97 Å². The van der Waals surface area contributed by atoms with Gasteiger partial charge in [-0.15, -0.1) is 0 Å². The Morgan fingerprint density at radius 1 is 1.29 bits per heavy atom. The molecular weight excluding hydrogens is 337 g/mol. The molecule has 0 aliphatic heterocycles. The van der Waals surface area contributed by atoms with Crippen LogP contribution in [0.5, 0.6) is 0 Å². The van der Waals surface area contributed by atoms with Gasteiger partial charge in [-0.25, -0.2) is 9.18 Å². The quantitative estimate of drug-likeness (QED) is 0.667. The fourth-order valence-electron chi connectivity index (χ4n) is 1.97. The Kier molecular flexibility index (Phi) is 4.63. The average molecular weight is 352 g/mol. The number of halogens is 2. The van der Waals surface area contributed by atoms with E-state index < -0.39 is 5.97 Å². The molecule has 2 N–H and O–H groups in total. The Hall–Kier alpha value is -1.88. The van der Waals surface area contributed by atoms with E-state index in [0.717, 1.165) is 11.1 Å². The summed E-state index contributed by atoms with van der Waals surface area (Å²) in [5, 5.41) is 0. The molecule has 0 aliphatic carbocycles. The van der Waals surface area contributed by atoms with Gasteiger partial charge in [0.05, 0.1) is 10.0 Å². The number of hydrogen-bond donors (Lipinski definition) is 1. The second-order valence-electron chi connectivity index (χ2n) is 4.81. The molecule has 0 aliphatic rings. The van der Waals surface area contributed by atoms with Gasteiger partial charge in [0.25, 0.3) is 0 Å². The summed E-state index contributed by atoms with van der Waals surface area (Å²) in [5.41, 5.74) is 9.06. The normalized spacial score (nSPS) is 10.5. The van der Waals surface area contributed by atoms with Crippen LogP contribution in [0.3, 0.4) is 0 Å². The first-order valence-corrected chi connectivity index (χ1v) is 7.16. The monoisotopic (exact) mass is 351 g/mol. The maximum Gasteiger partial charge on any atom is 0.338 e. The van der Waals surface area contributed by atoms with E-state index >= 15 is 0 Å². The number of aryl methyl sites for hydroxylation is 2. The van der Waals surface area contributed by atoms with Crippen LogP contribution in [0.1, 0.15) is 27.0 Å². The minimum Gasteiger partial charge on any atom is -0.457 e. The minimum absolute atomic E-state index is 0.00953. The molecule has 3 nitrogen and oxygen atoms in total. The molecule has 2 rings (SSSR count). The van der Waals surface area contributed by atoms with Crippen LogP contribution in [0.2, 0.25) is 0 Å². The Balaban J connectivity index is 2.16. The fraction of sp³-hybridized carbons (Fsp3) is 0.188. The summed E-state index contributed by atoms with van der Waals surface area (Å²) in [6.07, 6.45) is 0. The maximum absolute atomic E-state index is 13.4. The average Bonchev–Trinajstić information content (AvgIpc) is 2.44. The van der Waals surface area contributed by atoms with Gasteiger partial charge in [-0.3, -0.25) is 0 Å². The van der Waals surface area contributed by atoms with Gasteiger partial charge in [-0.1, -0.05) is 18.2 Å². The van der Waals surface area contributed by atoms with E-state index in [9.17, 15) is 9.18 Å². The number of carbonyl (C=O) groups is 1. The third-order valence-corrected chi connectivity index (χ3v) is 4.11. The standard InChI is InChI=1S/C16H15BrFNO2/c1-9-6-10(2)14(19)7-12(9)16(20)21-8-11-4-3-5-13(18)15(11)17/h3-7H,8,19H2,1-2H3. The molecule has 2 aromatic carbocycles. The lowest BCUT2D eigenvalue weighted by atomic mass is 10.0. The number of ether oxygens (including phenoxy) is 1. The molecule has 0 bridgehead atoms. The SMILES string of the molecule is Cc1cc(C)c(C(=O)OCc2cccc(F)c2Br)cc1N. The number of nitrogens with two attached hydrogens (primary N) is 1. The first-order chi connectivity index (χ1) is 9.90. The lowest BCUT2D eigenvalue weighted by Crippen LogP contribution is -2.09. The van der Waals surface area contributed by atoms with Crippen LogP contribution in [0.4, 0.5) is 10.1 Å². The molecule has 0 spiro atoms. The number of rotatable bonds is 3. The molecule has 5 heteroatoms. The van der Waals surface area contributed by atoms with Crippen LogP contribution in [-0.2, 0) is 11.3 Å². The number of anilines is 1. The van der Waals surface area contributed by atoms with Gasteiger partial charge in [-0.05, 0) is 53.0 Å². The number of benzene rings is 2. The van der Waals surface area contributed by atoms with Gasteiger partial charge in [0.2, 0.25) is 0 Å². The van der Waals surface area contributed by atoms with E-state index in [4.69, 9.17) is 10.5 Å². The van der Waals surface area contributed by atoms with Crippen molar-refractivity contribution in [2.75, 3.05) is 5.73 Å². The predicted molar refractivity (Wildman–Crippen MR) is 83.5 cm³/mol. The lowest BCUT2D eigenvalue weighted by Gasteiger charge is -2.11. The molecule has 0 unspecified atom stereocenters. The van der Waals surface area contributed by atoms with Crippen molar-refractivity contribution in [1.82, 2.24) is 0 Å². The highest BCUT2D eigenvalue weighted by atomic mass is 79.9. The van der Waals surface area contributed by atoms with Crippen LogP contribution in [0.25, 0.3) is 0 Å². The van der Waals surface area contributed by atoms with Crippen LogP contribution in [0.15, 0.2) is 34.8 Å². The topological polar surface area (TPSA) is 52.3 Å². The fourth-order valence-corrected chi connectivity index (χ4v) is 2.35. The highest BCUT2D eigenvalue weighted by Crippen LogP contribution is 2.23. The second-order valence-corrected chi connectivity index (χ2v) is 5.61. The molecule has 2 aromatic rings. The number of hydrogen-bond acceptors (Lipinski definition) is 3. The molecule has 0 aromatic heterocycles. The van der Waals surface area contributed by atoms with Crippen molar-refractivity contribution < 1.29 is 13.9 Å². The zero-order valence-electron chi connectivity index (χ0n) is 11.7. The van der Waals surface area contributed by atoms with Crippen LogP contribution in [-0.4, -0.2) is 5.97 Å². The zero-order chi connectivity index (χ0) is 15.6. The summed E-state index contributed by atoms with van der Waals surface area (Å²) in [4.78, 5) is 12.1. The van der Waals surface area contributed by atoms with Crippen molar-refractivity contribution in [2.45, 2.75) is 20.5 Å². The van der Waals surface area contributed by atoms with Crippen molar-refractivity contribution in [2.24, 2.45) is 0 Å². The first-order valence-electron chi connectivity index (χ1n) is 6.37. The second kappa shape index (κ2) is 6.26. The van der Waals surface area contributed by atoms with Gasteiger partial charge < -0.3 is 10.5 Å². The summed E-state index contributed by atoms with van der Waals surface area (Å²) in [5.74, 6) is -0.866. The summed E-state index contributed by atoms with van der Waals surface area (Å²) >= 11 is 3.14. The Morgan fingerprint density at radius 3 is 2.71 bits per heavy atom. The van der Waals surface area contributed by atoms with Crippen molar-refractivity contribution >= 4 is 27.6 Å². The Labute approximate surface area is 131 Å². The van der Waals surface area contributed by atoms with Crippen molar-refractivity contribution in [3.63, 3.8) is 0 Å². The Bertz CT molecular complexity index is 701. The summed E-state index contributed by atoms with van der Waals surface area (Å²) in [6, 6.07) is 8.03. The molecule has 21 heavy (non-hydrogen) atoms. The summed E-state index contributed by atoms with van der Waals surface area (Å²) in [6.45, 7) is 3.69. The molecule has 110 valence electrons. The van der Waals surface area contributed by atoms with E-state index in [2.05, 4.69) is 15.9 Å². The molecular formula is C16H15BrFNO2. The van der Waals surface area contributed by atoms with E-state index in [1.807, 2.05) is 19.9 Å². The largest absolute Gasteiger partial charge is 0.457 e. The highest BCUT2D eigenvalue weighted by Gasteiger charge is 2.14. The van der Waals surface area contributed by atoms with Crippen molar-refractivity contribution in [1.29, 1.82) is 0 Å². The van der Waals surface area contributed by atoms with E-state index in [1.54, 1.807) is 18.2 Å². The van der Waals surface area contributed by atoms with Crippen LogP contribution < -0.4 is 5.73 Å². The summed E-state index contributed by atoms with van der Waals surface area (Å²) < 4.78 is 18.9. The molecule has 0 radical (unpaired) electrons. The summed E-state index contributed by atoms with van der Waals surface area (Å²) in [7, 11) is 0. The third-order valence-electron chi connectivity index (χ3n) is 3.22. The predicted octanol–water partition coefficient (Wildman–Crippen LogP) is 4.14. The van der Waals surface area contributed by atoms with Gasteiger partial charge in [0, 0.05) is 11.3 Å². The highest BCUT2D eigenvalue weighted by molar-refractivity contribution is 9.10. The molecule has 0 saturated heterocycles. The first kappa shape index (κ1) is 15.5. The van der Waals surface area contributed by atoms with Crippen molar-refractivity contribution in [3.05, 3.63) is 62.9 Å². The molecule has 0 fully saturated rings. The van der Waals surface area contributed by atoms with Gasteiger partial charge in [-0.2, -0.15) is 0 Å². The molecule has 0 amide bonds. The van der Waals surface area contributed by atoms with E-state index in [-0.39, 0.29) is 12.4 Å². The third kappa shape index (κ3) is 3.42. The number of esters is 1. The van der Waals surface area contributed by atoms with Crippen LogP contribution >= 0.6 is 15.9 Å². The number of carbonyl (C=O) groups excluding carboxylic acids is 1. The van der Waals surface area contributed by atoms with Crippen molar-refractivity contribution in [3.8, 4) is 0 Å². The van der Waals surface area contributed by atoms with E-state index in [0.29, 0.717) is 21.3 Å². The molecule has 0 heterocycles. The maximum atomic E-state index is 13.4. The lowest BCUT2D eigenvalue weighted by molar-refractivity contribution is 0.0470. The van der Waals surface area contributed by atoms with E-state index in [1.165, 1.54) is 6.07 Å². The van der Waals surface area contributed by atoms with Crippen LogP contribution in [0, 0.1) is 19.7 Å². The van der Waals surface area contributed by atoms with Gasteiger partial charge in [0.15, 0.2) is 0 Å². The smallest absolute Gasteiger partial charge is 0.338 e. The molecule has 0 saturated carbocycles. The van der Waals surface area contributed by atoms with Gasteiger partial charge in [0.1, 0.15) is 12.4 Å².